The number of hydrogen-bond acceptors (Lipinski definition) is 6. The van der Waals surface area contributed by atoms with Gasteiger partial charge in [0, 0.05) is 13.1 Å². The van der Waals surface area contributed by atoms with Gasteiger partial charge in [-0.15, -0.1) is 0 Å². The lowest BCUT2D eigenvalue weighted by Gasteiger charge is -2.05. The molecule has 0 amide bonds. The van der Waals surface area contributed by atoms with Crippen LogP contribution in [0.3, 0.4) is 0 Å². The van der Waals surface area contributed by atoms with Gasteiger partial charge in [-0.2, -0.15) is 0 Å². The van der Waals surface area contributed by atoms with Crippen LogP contribution in [0.1, 0.15) is 20.3 Å². The predicted octanol–water partition coefficient (Wildman–Crippen LogP) is 0.109. The summed E-state index contributed by atoms with van der Waals surface area (Å²) in [6, 6.07) is 0. The first kappa shape index (κ1) is 15.9. The van der Waals surface area contributed by atoms with Gasteiger partial charge in [0.2, 0.25) is 0 Å². The highest BCUT2D eigenvalue weighted by Gasteiger charge is 2.01. The highest BCUT2D eigenvalue weighted by atomic mass is 16.6. The average molecular weight is 247 g/mol. The van der Waals surface area contributed by atoms with Crippen molar-refractivity contribution in [2.75, 3.05) is 39.5 Å². The van der Waals surface area contributed by atoms with Crippen LogP contribution in [0.2, 0.25) is 0 Å². The Hall–Kier alpha value is -1.14. The lowest BCUT2D eigenvalue weighted by Crippen LogP contribution is -2.24. The van der Waals surface area contributed by atoms with Crippen molar-refractivity contribution in [2.45, 2.75) is 20.3 Å². The summed E-state index contributed by atoms with van der Waals surface area (Å²) in [6.45, 7) is 5.78. The Kier molecular flexibility index (Phi) is 10.6. The summed E-state index contributed by atoms with van der Waals surface area (Å²) in [5.41, 5.74) is 0. The van der Waals surface area contributed by atoms with Crippen molar-refractivity contribution >= 4 is 11.9 Å². The number of nitrogens with one attached hydrogen (secondary N) is 1. The van der Waals surface area contributed by atoms with Crippen LogP contribution >= 0.6 is 0 Å². The van der Waals surface area contributed by atoms with Gasteiger partial charge in [-0.3, -0.25) is 4.79 Å². The Bertz CT molecular complexity index is 198. The second kappa shape index (κ2) is 11.3. The quantitative estimate of drug-likeness (QED) is 0.436. The normalized spacial score (nSPS) is 10.0. The zero-order chi connectivity index (χ0) is 12.9. The van der Waals surface area contributed by atoms with Crippen molar-refractivity contribution in [1.29, 1.82) is 0 Å². The molecule has 17 heavy (non-hydrogen) atoms. The molecule has 6 nitrogen and oxygen atoms in total. The van der Waals surface area contributed by atoms with E-state index in [-0.39, 0.29) is 18.5 Å². The van der Waals surface area contributed by atoms with E-state index in [0.717, 1.165) is 0 Å². The van der Waals surface area contributed by atoms with E-state index in [0.29, 0.717) is 39.3 Å². The van der Waals surface area contributed by atoms with Crippen LogP contribution in [0.15, 0.2) is 0 Å². The summed E-state index contributed by atoms with van der Waals surface area (Å²) in [5.74, 6) is -0.577. The van der Waals surface area contributed by atoms with Crippen molar-refractivity contribution in [3.63, 3.8) is 0 Å². The van der Waals surface area contributed by atoms with Gasteiger partial charge in [0.05, 0.1) is 26.2 Å². The van der Waals surface area contributed by atoms with Crippen LogP contribution < -0.4 is 5.32 Å². The van der Waals surface area contributed by atoms with Crippen molar-refractivity contribution in [3.05, 3.63) is 0 Å². The molecule has 0 atom stereocenters. The molecule has 0 saturated heterocycles. The summed E-state index contributed by atoms with van der Waals surface area (Å²) >= 11 is 0. The first-order valence-corrected chi connectivity index (χ1v) is 5.80. The standard InChI is InChI=1S/C11H21NO5/c1-3-16-10(13)5-6-12-7-8-15-9-11(14)17-4-2/h12H,3-9H2,1-2H3. The molecule has 0 unspecified atom stereocenters. The van der Waals surface area contributed by atoms with Gasteiger partial charge in [-0.05, 0) is 13.8 Å². The second-order valence-electron chi connectivity index (χ2n) is 3.16. The van der Waals surface area contributed by atoms with E-state index in [1.165, 1.54) is 0 Å². The molecule has 0 rings (SSSR count). The molecule has 0 heterocycles. The summed E-state index contributed by atoms with van der Waals surface area (Å²) in [5, 5.41) is 3.00. The van der Waals surface area contributed by atoms with Gasteiger partial charge in [0.15, 0.2) is 0 Å². The molecule has 6 heteroatoms. The van der Waals surface area contributed by atoms with E-state index in [1.807, 2.05) is 0 Å². The van der Waals surface area contributed by atoms with E-state index in [9.17, 15) is 9.59 Å². The van der Waals surface area contributed by atoms with Crippen LogP contribution in [0.5, 0.6) is 0 Å². The largest absolute Gasteiger partial charge is 0.466 e. The van der Waals surface area contributed by atoms with E-state index in [4.69, 9.17) is 9.47 Å². The number of carbonyl (C=O) groups is 2. The summed E-state index contributed by atoms with van der Waals surface area (Å²) in [4.78, 5) is 21.8. The minimum absolute atomic E-state index is 0.0343. The summed E-state index contributed by atoms with van der Waals surface area (Å²) < 4.78 is 14.5. The molecule has 0 spiro atoms. The third kappa shape index (κ3) is 11.1. The van der Waals surface area contributed by atoms with E-state index in [2.05, 4.69) is 10.1 Å². The molecule has 100 valence electrons. The second-order valence-corrected chi connectivity index (χ2v) is 3.16. The minimum Gasteiger partial charge on any atom is -0.466 e. The maximum absolute atomic E-state index is 10.9. The van der Waals surface area contributed by atoms with Gasteiger partial charge in [-0.25, -0.2) is 4.79 Å². The Balaban J connectivity index is 3.18. The maximum atomic E-state index is 10.9. The van der Waals surface area contributed by atoms with Gasteiger partial charge >= 0.3 is 11.9 Å². The van der Waals surface area contributed by atoms with Gasteiger partial charge in [-0.1, -0.05) is 0 Å². The molecule has 0 fully saturated rings. The van der Waals surface area contributed by atoms with Crippen LogP contribution in [0.4, 0.5) is 0 Å². The zero-order valence-electron chi connectivity index (χ0n) is 10.5. The van der Waals surface area contributed by atoms with E-state index < -0.39 is 0 Å². The Morgan fingerprint density at radius 3 is 2.29 bits per heavy atom. The Labute approximate surface area is 102 Å². The number of ether oxygens (including phenoxy) is 3. The zero-order valence-corrected chi connectivity index (χ0v) is 10.5. The highest BCUT2D eigenvalue weighted by molar-refractivity contribution is 5.70. The lowest BCUT2D eigenvalue weighted by atomic mass is 10.4. The molecule has 0 radical (unpaired) electrons. The van der Waals surface area contributed by atoms with Crippen LogP contribution in [-0.4, -0.2) is 51.5 Å². The topological polar surface area (TPSA) is 73.9 Å². The first-order valence-electron chi connectivity index (χ1n) is 5.80. The van der Waals surface area contributed by atoms with Crippen molar-refractivity contribution < 1.29 is 23.8 Å². The fourth-order valence-corrected chi connectivity index (χ4v) is 1.05. The van der Waals surface area contributed by atoms with Crippen molar-refractivity contribution in [1.82, 2.24) is 5.32 Å². The molecule has 0 bridgehead atoms. The number of rotatable bonds is 10. The molecule has 0 aromatic heterocycles. The van der Waals surface area contributed by atoms with Crippen molar-refractivity contribution in [3.8, 4) is 0 Å². The number of carbonyl (C=O) groups excluding carboxylic acids is 2. The number of hydrogen-bond donors (Lipinski definition) is 1. The van der Waals surface area contributed by atoms with Crippen LogP contribution in [0.25, 0.3) is 0 Å². The van der Waals surface area contributed by atoms with E-state index >= 15 is 0 Å². The van der Waals surface area contributed by atoms with Crippen LogP contribution in [0, 0.1) is 0 Å². The lowest BCUT2D eigenvalue weighted by molar-refractivity contribution is -0.148. The molecule has 0 aromatic carbocycles. The maximum Gasteiger partial charge on any atom is 0.332 e. The summed E-state index contributed by atoms with van der Waals surface area (Å²) in [7, 11) is 0. The molecular weight excluding hydrogens is 226 g/mol. The smallest absolute Gasteiger partial charge is 0.332 e. The third-order valence-corrected chi connectivity index (χ3v) is 1.76. The fourth-order valence-electron chi connectivity index (χ4n) is 1.05. The van der Waals surface area contributed by atoms with Crippen LogP contribution in [-0.2, 0) is 23.8 Å². The molecule has 1 N–H and O–H groups in total. The monoisotopic (exact) mass is 247 g/mol. The predicted molar refractivity (Wildman–Crippen MR) is 61.6 cm³/mol. The Morgan fingerprint density at radius 1 is 1.00 bits per heavy atom. The minimum atomic E-state index is -0.362. The fraction of sp³-hybridized carbons (Fsp3) is 0.818. The SMILES string of the molecule is CCOC(=O)CCNCCOCC(=O)OCC. The highest BCUT2D eigenvalue weighted by Crippen LogP contribution is 1.84. The third-order valence-electron chi connectivity index (χ3n) is 1.76. The van der Waals surface area contributed by atoms with Gasteiger partial charge in [0.1, 0.15) is 6.61 Å². The van der Waals surface area contributed by atoms with E-state index in [1.54, 1.807) is 13.8 Å². The molecule has 0 aliphatic heterocycles. The average Bonchev–Trinajstić information content (AvgIpc) is 2.28. The molecule has 0 saturated carbocycles. The summed E-state index contributed by atoms with van der Waals surface area (Å²) in [6.07, 6.45) is 0.339. The molecule has 0 aliphatic carbocycles. The number of esters is 2. The first-order chi connectivity index (χ1) is 8.20. The molecule has 0 aliphatic rings. The van der Waals surface area contributed by atoms with Crippen molar-refractivity contribution in [2.24, 2.45) is 0 Å². The molecular formula is C11H21NO5. The van der Waals surface area contributed by atoms with Gasteiger partial charge < -0.3 is 19.5 Å². The molecule has 0 aromatic rings. The van der Waals surface area contributed by atoms with Gasteiger partial charge in [0.25, 0.3) is 0 Å². The Morgan fingerprint density at radius 2 is 1.65 bits per heavy atom.